The van der Waals surface area contributed by atoms with Crippen molar-refractivity contribution in [1.29, 1.82) is 0 Å². The van der Waals surface area contributed by atoms with Crippen LogP contribution in [0.3, 0.4) is 0 Å². The number of nitrogen functional groups attached to an aromatic ring is 1. The van der Waals surface area contributed by atoms with Crippen LogP contribution < -0.4 is 22.8 Å². The predicted octanol–water partition coefficient (Wildman–Crippen LogP) is -2.36. The molecule has 2 amide bonds. The van der Waals surface area contributed by atoms with Gasteiger partial charge in [-0.25, -0.2) is 19.1 Å². The molecule has 0 spiro atoms. The Balaban J connectivity index is 1.80. The summed E-state index contributed by atoms with van der Waals surface area (Å²) in [4.78, 5) is 43.5. The standard InChI is InChI=1S/C12H16N7O10P/c13-10-17-7-4(8(22)18-10)16-2-19(7)9-6(21)5(20)3(27-9)1-26-30(25,28-11(14)23)29-12(15)24/h2-3,5-6,9,20-21H,1H2,(H2,14,23)(H2,15,24)(H3,13,17,18,22)/t3-,5-,6-,9-/m1/s1. The van der Waals surface area contributed by atoms with E-state index in [2.05, 4.69) is 24.0 Å². The molecule has 1 aliphatic rings. The Morgan fingerprint density at radius 3 is 2.50 bits per heavy atom. The summed E-state index contributed by atoms with van der Waals surface area (Å²) in [6.07, 6.45) is -7.97. The van der Waals surface area contributed by atoms with Gasteiger partial charge in [-0.15, -0.1) is 0 Å². The summed E-state index contributed by atoms with van der Waals surface area (Å²) in [5.41, 5.74) is 14.2. The minimum absolute atomic E-state index is 0.0473. The molecule has 3 rings (SSSR count). The van der Waals surface area contributed by atoms with Gasteiger partial charge in [0.2, 0.25) is 5.95 Å². The van der Waals surface area contributed by atoms with Crippen LogP contribution >= 0.6 is 7.82 Å². The summed E-state index contributed by atoms with van der Waals surface area (Å²) < 4.78 is 31.8. The van der Waals surface area contributed by atoms with Crippen LogP contribution in [-0.4, -0.2) is 66.8 Å². The van der Waals surface area contributed by atoms with E-state index >= 15 is 0 Å². The van der Waals surface area contributed by atoms with E-state index in [1.165, 1.54) is 0 Å². The van der Waals surface area contributed by atoms with Gasteiger partial charge in [-0.3, -0.25) is 18.9 Å². The number of carbonyl (C=O) groups is 2. The third-order valence-corrected chi connectivity index (χ3v) is 5.13. The van der Waals surface area contributed by atoms with Crippen molar-refractivity contribution in [3.8, 4) is 0 Å². The van der Waals surface area contributed by atoms with Gasteiger partial charge >= 0.3 is 20.0 Å². The monoisotopic (exact) mass is 449 g/mol. The van der Waals surface area contributed by atoms with Crippen LogP contribution in [0.5, 0.6) is 0 Å². The highest BCUT2D eigenvalue weighted by molar-refractivity contribution is 7.49. The number of aromatic nitrogens is 4. The second-order valence-electron chi connectivity index (χ2n) is 5.89. The molecule has 164 valence electrons. The lowest BCUT2D eigenvalue weighted by Gasteiger charge is -2.18. The first-order chi connectivity index (χ1) is 14.0. The Kier molecular flexibility index (Phi) is 5.64. The number of imidazole rings is 1. The Morgan fingerprint density at radius 2 is 1.90 bits per heavy atom. The molecule has 30 heavy (non-hydrogen) atoms. The van der Waals surface area contributed by atoms with Crippen LogP contribution in [-0.2, 0) is 22.9 Å². The van der Waals surface area contributed by atoms with E-state index in [-0.39, 0.29) is 17.1 Å². The molecule has 4 atom stereocenters. The highest BCUT2D eigenvalue weighted by Crippen LogP contribution is 2.50. The van der Waals surface area contributed by atoms with E-state index in [9.17, 15) is 29.2 Å². The lowest BCUT2D eigenvalue weighted by Crippen LogP contribution is -2.34. The number of carbonyl (C=O) groups excluding carboxylic acids is 2. The molecule has 3 heterocycles. The molecular formula is C12H16N7O10P. The fraction of sp³-hybridized carbons (Fsp3) is 0.417. The number of aliphatic hydroxyl groups excluding tert-OH is 2. The second kappa shape index (κ2) is 7.88. The van der Waals surface area contributed by atoms with Crippen LogP contribution in [0.2, 0.25) is 0 Å². The molecule has 9 N–H and O–H groups in total. The van der Waals surface area contributed by atoms with Crippen LogP contribution in [0.4, 0.5) is 15.5 Å². The number of H-pyrrole nitrogens is 1. The Hall–Kier alpha value is -3.24. The fourth-order valence-corrected chi connectivity index (χ4v) is 3.60. The fourth-order valence-electron chi connectivity index (χ4n) is 2.68. The zero-order valence-electron chi connectivity index (χ0n) is 14.8. The lowest BCUT2D eigenvalue weighted by atomic mass is 10.1. The summed E-state index contributed by atoms with van der Waals surface area (Å²) in [5, 5.41) is 20.5. The quantitative estimate of drug-likeness (QED) is 0.252. The number of amides is 2. The van der Waals surface area contributed by atoms with Gasteiger partial charge in [-0.05, 0) is 0 Å². The van der Waals surface area contributed by atoms with Crippen molar-refractivity contribution >= 4 is 37.1 Å². The summed E-state index contributed by atoms with van der Waals surface area (Å²) >= 11 is 0. The summed E-state index contributed by atoms with van der Waals surface area (Å²) in [6, 6.07) is 0. The van der Waals surface area contributed by atoms with Gasteiger partial charge in [0.1, 0.15) is 18.3 Å². The molecule has 2 aromatic rings. The van der Waals surface area contributed by atoms with Crippen LogP contribution in [0, 0.1) is 0 Å². The molecule has 17 nitrogen and oxygen atoms in total. The highest BCUT2D eigenvalue weighted by atomic mass is 31.2. The van der Waals surface area contributed by atoms with Crippen LogP contribution in [0.25, 0.3) is 11.2 Å². The number of hydrogen-bond acceptors (Lipinski definition) is 13. The number of hydrogen-bond donors (Lipinski definition) is 6. The molecule has 2 aromatic heterocycles. The molecule has 0 aliphatic carbocycles. The average molecular weight is 449 g/mol. The van der Waals surface area contributed by atoms with Crippen molar-refractivity contribution in [3.63, 3.8) is 0 Å². The van der Waals surface area contributed by atoms with E-state index in [0.717, 1.165) is 10.9 Å². The van der Waals surface area contributed by atoms with E-state index < -0.39 is 56.7 Å². The normalized spacial score (nSPS) is 24.1. The largest absolute Gasteiger partial charge is 0.594 e. The molecule has 18 heteroatoms. The molecule has 0 unspecified atom stereocenters. The number of fused-ring (bicyclic) bond motifs is 1. The van der Waals surface area contributed by atoms with Crippen molar-refractivity contribution in [3.05, 3.63) is 16.7 Å². The van der Waals surface area contributed by atoms with E-state index in [4.69, 9.17) is 26.5 Å². The molecule has 1 aliphatic heterocycles. The minimum Gasteiger partial charge on any atom is -0.387 e. The number of phosphoric ester groups is 1. The first-order valence-corrected chi connectivity index (χ1v) is 9.43. The molecule has 1 fully saturated rings. The molecular weight excluding hydrogens is 433 g/mol. The number of rotatable bonds is 6. The number of aromatic amines is 1. The van der Waals surface area contributed by atoms with Gasteiger partial charge in [0.25, 0.3) is 5.56 Å². The number of ether oxygens (including phenoxy) is 1. The zero-order valence-corrected chi connectivity index (χ0v) is 15.7. The van der Waals surface area contributed by atoms with Crippen molar-refractivity contribution in [2.45, 2.75) is 24.5 Å². The zero-order chi connectivity index (χ0) is 22.2. The molecule has 0 bridgehead atoms. The third-order valence-electron chi connectivity index (χ3n) is 3.86. The second-order valence-corrected chi connectivity index (χ2v) is 7.40. The topological polar surface area (TPSA) is 270 Å². The third kappa shape index (κ3) is 4.19. The van der Waals surface area contributed by atoms with Gasteiger partial charge in [-0.2, -0.15) is 4.98 Å². The van der Waals surface area contributed by atoms with Gasteiger partial charge in [0, 0.05) is 0 Å². The van der Waals surface area contributed by atoms with Gasteiger partial charge in [-0.1, -0.05) is 0 Å². The number of phosphoric acid groups is 1. The van der Waals surface area contributed by atoms with Crippen molar-refractivity contribution in [2.75, 3.05) is 12.3 Å². The van der Waals surface area contributed by atoms with E-state index in [1.54, 1.807) is 0 Å². The smallest absolute Gasteiger partial charge is 0.387 e. The lowest BCUT2D eigenvalue weighted by molar-refractivity contribution is -0.0506. The van der Waals surface area contributed by atoms with E-state index in [0.29, 0.717) is 0 Å². The predicted molar refractivity (Wildman–Crippen MR) is 93.4 cm³/mol. The van der Waals surface area contributed by atoms with Crippen molar-refractivity contribution in [1.82, 2.24) is 19.5 Å². The van der Waals surface area contributed by atoms with E-state index in [1.807, 2.05) is 0 Å². The highest BCUT2D eigenvalue weighted by Gasteiger charge is 2.46. The average Bonchev–Trinajstić information content (AvgIpc) is 3.14. The van der Waals surface area contributed by atoms with Gasteiger partial charge in [0.05, 0.1) is 12.9 Å². The first-order valence-electron chi connectivity index (χ1n) is 7.97. The maximum Gasteiger partial charge on any atom is 0.594 e. The van der Waals surface area contributed by atoms with Crippen molar-refractivity contribution < 1.29 is 42.7 Å². The molecule has 0 saturated carbocycles. The Bertz CT molecular complexity index is 1060. The summed E-state index contributed by atoms with van der Waals surface area (Å²) in [7, 11) is -4.88. The minimum atomic E-state index is -4.88. The SMILES string of the molecule is NC(=O)OP(=O)(OC[C@H]1O[C@@H](n2cnc3c(=O)[nH]c(N)nc32)[C@H](O)[C@@H]1O)OC(N)=O. The number of nitrogens with one attached hydrogen (secondary N) is 1. The van der Waals surface area contributed by atoms with Crippen molar-refractivity contribution in [2.24, 2.45) is 11.5 Å². The maximum absolute atomic E-state index is 12.2. The summed E-state index contributed by atoms with van der Waals surface area (Å²) in [6.45, 7) is -0.796. The number of anilines is 1. The number of aliphatic hydroxyl groups is 2. The number of nitrogens with two attached hydrogens (primary N) is 3. The van der Waals surface area contributed by atoms with Crippen LogP contribution in [0.15, 0.2) is 11.1 Å². The summed E-state index contributed by atoms with van der Waals surface area (Å²) in [5.74, 6) is -0.227. The van der Waals surface area contributed by atoms with Gasteiger partial charge < -0.3 is 41.2 Å². The van der Waals surface area contributed by atoms with Gasteiger partial charge in [0.15, 0.2) is 17.4 Å². The number of nitrogens with zero attached hydrogens (tertiary/aromatic N) is 3. The number of primary amides is 2. The molecule has 0 radical (unpaired) electrons. The van der Waals surface area contributed by atoms with Crippen LogP contribution in [0.1, 0.15) is 6.23 Å². The first kappa shape index (κ1) is 21.5. The maximum atomic E-state index is 12.2. The molecule has 1 saturated heterocycles. The Morgan fingerprint density at radius 1 is 1.27 bits per heavy atom. The molecule has 0 aromatic carbocycles. The Labute approximate surface area is 165 Å².